The maximum Gasteiger partial charge on any atom is 0.167 e. The predicted molar refractivity (Wildman–Crippen MR) is 96.6 cm³/mol. The highest BCUT2D eigenvalue weighted by molar-refractivity contribution is 5.93. The highest BCUT2D eigenvalue weighted by Crippen LogP contribution is 2.42. The summed E-state index contributed by atoms with van der Waals surface area (Å²) in [6.45, 7) is 5.09. The van der Waals surface area contributed by atoms with E-state index in [1.807, 2.05) is 24.3 Å². The minimum Gasteiger partial charge on any atom is -0.489 e. The third-order valence-corrected chi connectivity index (χ3v) is 4.14. The molecule has 2 aromatic carbocycles. The van der Waals surface area contributed by atoms with Gasteiger partial charge in [0.25, 0.3) is 0 Å². The Bertz CT molecular complexity index is 595. The first kappa shape index (κ1) is 18.6. The van der Waals surface area contributed by atoms with Crippen molar-refractivity contribution in [3.63, 3.8) is 0 Å². The molecule has 0 saturated carbocycles. The molecule has 24 heavy (non-hydrogen) atoms. The van der Waals surface area contributed by atoms with Crippen molar-refractivity contribution in [3.8, 4) is 11.5 Å². The molecule has 4 heteroatoms. The van der Waals surface area contributed by atoms with Crippen LogP contribution >= 0.6 is 0 Å². The number of hydrogen-bond donors (Lipinski definition) is 2. The molecule has 0 aromatic heterocycles. The largest absolute Gasteiger partial charge is 0.489 e. The summed E-state index contributed by atoms with van der Waals surface area (Å²) in [4.78, 5) is 0. The summed E-state index contributed by atoms with van der Waals surface area (Å²) in [5.41, 5.74) is 1.45. The molecular weight excluding hydrogens is 304 g/mol. The zero-order valence-corrected chi connectivity index (χ0v) is 14.7. The highest BCUT2D eigenvalue weighted by atomic mass is 16.5. The lowest BCUT2D eigenvalue weighted by molar-refractivity contribution is 0.232. The van der Waals surface area contributed by atoms with Crippen molar-refractivity contribution < 1.29 is 19.7 Å². The molecule has 0 unspecified atom stereocenters. The molecular formula is C20H28O4. The van der Waals surface area contributed by atoms with Crippen molar-refractivity contribution in [1.29, 1.82) is 0 Å². The summed E-state index contributed by atoms with van der Waals surface area (Å²) in [7, 11) is 0. The Kier molecular flexibility index (Phi) is 7.35. The number of aliphatic hydroxyl groups is 2. The topological polar surface area (TPSA) is 58.9 Å². The Morgan fingerprint density at radius 1 is 0.750 bits per heavy atom. The molecule has 0 radical (unpaired) electrons. The maximum atomic E-state index is 9.93. The predicted octanol–water partition coefficient (Wildman–Crippen LogP) is 4.18. The lowest BCUT2D eigenvalue weighted by atomic mass is 9.97. The summed E-state index contributed by atoms with van der Waals surface area (Å²) in [6, 6.07) is 7.75. The minimum atomic E-state index is -0.127. The fourth-order valence-electron chi connectivity index (χ4n) is 2.78. The van der Waals surface area contributed by atoms with Gasteiger partial charge in [-0.05, 0) is 23.6 Å². The standard InChI is InChI=1S/C20H28O4/c1-3-5-11-23-19-17(13-21)15-9-7-8-10-16(15)18(14-22)20(19)24-12-6-4-2/h7-10,21-22H,3-6,11-14H2,1-2H3. The molecule has 0 bridgehead atoms. The van der Waals surface area contributed by atoms with E-state index in [1.54, 1.807) is 0 Å². The third kappa shape index (κ3) is 4.00. The van der Waals surface area contributed by atoms with Gasteiger partial charge in [0.15, 0.2) is 11.5 Å². The van der Waals surface area contributed by atoms with Gasteiger partial charge in [0, 0.05) is 11.1 Å². The van der Waals surface area contributed by atoms with Crippen molar-refractivity contribution >= 4 is 10.8 Å². The molecule has 0 atom stereocenters. The lowest BCUT2D eigenvalue weighted by Crippen LogP contribution is -2.08. The summed E-state index contributed by atoms with van der Waals surface area (Å²) >= 11 is 0. The quantitative estimate of drug-likeness (QED) is 0.641. The summed E-state index contributed by atoms with van der Waals surface area (Å²) in [6.07, 6.45) is 3.92. The van der Waals surface area contributed by atoms with Crippen LogP contribution in [0, 0.1) is 0 Å². The van der Waals surface area contributed by atoms with Crippen LogP contribution in [0.25, 0.3) is 10.8 Å². The van der Waals surface area contributed by atoms with E-state index in [2.05, 4.69) is 13.8 Å². The van der Waals surface area contributed by atoms with Gasteiger partial charge in [0.2, 0.25) is 0 Å². The Morgan fingerprint density at radius 2 is 1.17 bits per heavy atom. The van der Waals surface area contributed by atoms with Crippen molar-refractivity contribution in [3.05, 3.63) is 35.4 Å². The van der Waals surface area contributed by atoms with E-state index in [0.29, 0.717) is 24.7 Å². The Balaban J connectivity index is 2.58. The number of ether oxygens (including phenoxy) is 2. The number of fused-ring (bicyclic) bond motifs is 1. The molecule has 4 nitrogen and oxygen atoms in total. The number of rotatable bonds is 10. The van der Waals surface area contributed by atoms with Crippen LogP contribution in [0.5, 0.6) is 11.5 Å². The molecule has 2 aromatic rings. The Morgan fingerprint density at radius 3 is 1.50 bits per heavy atom. The van der Waals surface area contributed by atoms with E-state index in [-0.39, 0.29) is 13.2 Å². The van der Waals surface area contributed by atoms with Gasteiger partial charge in [-0.1, -0.05) is 51.0 Å². The van der Waals surface area contributed by atoms with Crippen molar-refractivity contribution in [1.82, 2.24) is 0 Å². The molecule has 0 aliphatic heterocycles. The summed E-state index contributed by atoms with van der Waals surface area (Å²) in [5, 5.41) is 21.7. The van der Waals surface area contributed by atoms with Crippen LogP contribution in [0.4, 0.5) is 0 Å². The van der Waals surface area contributed by atoms with Crippen LogP contribution in [0.15, 0.2) is 24.3 Å². The van der Waals surface area contributed by atoms with Crippen molar-refractivity contribution in [2.45, 2.75) is 52.7 Å². The van der Waals surface area contributed by atoms with Gasteiger partial charge >= 0.3 is 0 Å². The molecule has 0 spiro atoms. The van der Waals surface area contributed by atoms with E-state index in [9.17, 15) is 10.2 Å². The van der Waals surface area contributed by atoms with Crippen molar-refractivity contribution in [2.24, 2.45) is 0 Å². The number of benzene rings is 2. The Hall–Kier alpha value is -1.78. The van der Waals surface area contributed by atoms with Gasteiger partial charge in [-0.2, -0.15) is 0 Å². The average Bonchev–Trinajstić information content (AvgIpc) is 2.62. The van der Waals surface area contributed by atoms with Crippen LogP contribution < -0.4 is 9.47 Å². The lowest BCUT2D eigenvalue weighted by Gasteiger charge is -2.21. The molecule has 0 saturated heterocycles. The van der Waals surface area contributed by atoms with Crippen LogP contribution in [-0.4, -0.2) is 23.4 Å². The third-order valence-electron chi connectivity index (χ3n) is 4.14. The van der Waals surface area contributed by atoms with E-state index in [4.69, 9.17) is 9.47 Å². The van der Waals surface area contributed by atoms with Gasteiger partial charge in [0.1, 0.15) is 0 Å². The van der Waals surface area contributed by atoms with Gasteiger partial charge in [0.05, 0.1) is 26.4 Å². The number of aliphatic hydroxyl groups excluding tert-OH is 2. The van der Waals surface area contributed by atoms with Crippen LogP contribution in [-0.2, 0) is 13.2 Å². The van der Waals surface area contributed by atoms with Crippen molar-refractivity contribution in [2.75, 3.05) is 13.2 Å². The summed E-state index contributed by atoms with van der Waals surface area (Å²) in [5.74, 6) is 1.15. The van der Waals surface area contributed by atoms with Crippen LogP contribution in [0.2, 0.25) is 0 Å². The highest BCUT2D eigenvalue weighted by Gasteiger charge is 2.21. The molecule has 0 amide bonds. The maximum absolute atomic E-state index is 9.93. The Labute approximate surface area is 144 Å². The van der Waals surface area contributed by atoms with Crippen LogP contribution in [0.3, 0.4) is 0 Å². The molecule has 2 rings (SSSR count). The molecule has 132 valence electrons. The van der Waals surface area contributed by atoms with Gasteiger partial charge < -0.3 is 19.7 Å². The fourth-order valence-corrected chi connectivity index (χ4v) is 2.78. The first-order valence-corrected chi connectivity index (χ1v) is 8.82. The zero-order valence-electron chi connectivity index (χ0n) is 14.7. The molecule has 0 heterocycles. The second-order valence-electron chi connectivity index (χ2n) is 5.88. The number of unbranched alkanes of at least 4 members (excludes halogenated alkanes) is 2. The normalized spacial score (nSPS) is 11.0. The SMILES string of the molecule is CCCCOc1c(OCCCC)c(CO)c2ccccc2c1CO. The van der Waals surface area contributed by atoms with Gasteiger partial charge in [-0.15, -0.1) is 0 Å². The molecule has 0 fully saturated rings. The molecule has 0 aliphatic rings. The number of hydrogen-bond acceptors (Lipinski definition) is 4. The van der Waals surface area contributed by atoms with E-state index in [0.717, 1.165) is 47.6 Å². The van der Waals surface area contributed by atoms with Gasteiger partial charge in [-0.3, -0.25) is 0 Å². The molecule has 2 N–H and O–H groups in total. The van der Waals surface area contributed by atoms with Crippen LogP contribution in [0.1, 0.15) is 50.7 Å². The second-order valence-corrected chi connectivity index (χ2v) is 5.88. The minimum absolute atomic E-state index is 0.127. The first-order chi connectivity index (χ1) is 11.8. The fraction of sp³-hybridized carbons (Fsp3) is 0.500. The average molecular weight is 332 g/mol. The molecule has 0 aliphatic carbocycles. The zero-order chi connectivity index (χ0) is 17.4. The van der Waals surface area contributed by atoms with E-state index in [1.165, 1.54) is 0 Å². The smallest absolute Gasteiger partial charge is 0.167 e. The monoisotopic (exact) mass is 332 g/mol. The summed E-state index contributed by atoms with van der Waals surface area (Å²) < 4.78 is 12.0. The first-order valence-electron chi connectivity index (χ1n) is 8.82. The van der Waals surface area contributed by atoms with E-state index < -0.39 is 0 Å². The van der Waals surface area contributed by atoms with E-state index >= 15 is 0 Å². The van der Waals surface area contributed by atoms with Gasteiger partial charge in [-0.25, -0.2) is 0 Å². The second kappa shape index (κ2) is 9.50.